The number of nitrogens with one attached hydrogen (secondary N) is 2. The van der Waals surface area contributed by atoms with Gasteiger partial charge in [0.2, 0.25) is 0 Å². The first-order chi connectivity index (χ1) is 12.2. The summed E-state index contributed by atoms with van der Waals surface area (Å²) in [5, 5.41) is 5.85. The van der Waals surface area contributed by atoms with Crippen molar-refractivity contribution in [2.45, 2.75) is 25.3 Å². The van der Waals surface area contributed by atoms with E-state index in [2.05, 4.69) is 15.6 Å². The third-order valence-corrected chi connectivity index (χ3v) is 4.58. The molecule has 1 heterocycles. The maximum Gasteiger partial charge on any atom is 0.257 e. The van der Waals surface area contributed by atoms with Crippen molar-refractivity contribution in [1.82, 2.24) is 10.3 Å². The molecular formula is C19H22N4O2. The number of carbonyl (C=O) groups excluding carboxylic acids is 2. The van der Waals surface area contributed by atoms with E-state index in [0.717, 1.165) is 19.3 Å². The molecule has 4 N–H and O–H groups in total. The summed E-state index contributed by atoms with van der Waals surface area (Å²) >= 11 is 0. The molecule has 0 saturated heterocycles. The molecule has 2 atom stereocenters. The van der Waals surface area contributed by atoms with E-state index in [9.17, 15) is 9.59 Å². The highest BCUT2D eigenvalue weighted by Gasteiger charge is 2.27. The Kier molecular flexibility index (Phi) is 5.40. The second-order valence-electron chi connectivity index (χ2n) is 6.28. The quantitative estimate of drug-likeness (QED) is 0.778. The zero-order valence-electron chi connectivity index (χ0n) is 13.9. The third-order valence-electron chi connectivity index (χ3n) is 4.58. The lowest BCUT2D eigenvalue weighted by atomic mass is 10.0. The van der Waals surface area contributed by atoms with Gasteiger partial charge in [-0.1, -0.05) is 12.5 Å². The maximum absolute atomic E-state index is 12.5. The van der Waals surface area contributed by atoms with Gasteiger partial charge in [0.1, 0.15) is 0 Å². The average molecular weight is 338 g/mol. The summed E-state index contributed by atoms with van der Waals surface area (Å²) < 4.78 is 0. The Morgan fingerprint density at radius 1 is 1.12 bits per heavy atom. The largest absolute Gasteiger partial charge is 0.349 e. The summed E-state index contributed by atoms with van der Waals surface area (Å²) in [6.07, 6.45) is 6.22. The van der Waals surface area contributed by atoms with Gasteiger partial charge in [0, 0.05) is 29.7 Å². The Morgan fingerprint density at radius 3 is 2.72 bits per heavy atom. The predicted molar refractivity (Wildman–Crippen MR) is 96.3 cm³/mol. The normalized spacial score (nSPS) is 19.4. The van der Waals surface area contributed by atoms with Crippen LogP contribution < -0.4 is 16.4 Å². The molecule has 0 spiro atoms. The van der Waals surface area contributed by atoms with Gasteiger partial charge in [0.05, 0.1) is 5.56 Å². The summed E-state index contributed by atoms with van der Waals surface area (Å²) in [4.78, 5) is 28.6. The van der Waals surface area contributed by atoms with Crippen molar-refractivity contribution in [3.8, 4) is 0 Å². The van der Waals surface area contributed by atoms with E-state index in [0.29, 0.717) is 29.3 Å². The van der Waals surface area contributed by atoms with E-state index in [4.69, 9.17) is 5.73 Å². The van der Waals surface area contributed by atoms with Gasteiger partial charge >= 0.3 is 0 Å². The first-order valence-electron chi connectivity index (χ1n) is 8.50. The fraction of sp³-hybridized carbons (Fsp3) is 0.316. The van der Waals surface area contributed by atoms with Crippen LogP contribution in [0.3, 0.4) is 0 Å². The number of carbonyl (C=O) groups is 2. The van der Waals surface area contributed by atoms with Crippen LogP contribution in [0.2, 0.25) is 0 Å². The van der Waals surface area contributed by atoms with E-state index in [-0.39, 0.29) is 17.9 Å². The van der Waals surface area contributed by atoms with Crippen LogP contribution in [0.15, 0.2) is 48.8 Å². The molecular weight excluding hydrogens is 316 g/mol. The Balaban J connectivity index is 1.66. The molecule has 0 aliphatic heterocycles. The molecule has 130 valence electrons. The molecule has 3 rings (SSSR count). The summed E-state index contributed by atoms with van der Waals surface area (Å²) in [5.74, 6) is -0.0510. The molecule has 2 unspecified atom stereocenters. The van der Waals surface area contributed by atoms with Gasteiger partial charge in [-0.3, -0.25) is 14.6 Å². The topological polar surface area (TPSA) is 97.1 Å². The predicted octanol–water partition coefficient (Wildman–Crippen LogP) is 2.19. The van der Waals surface area contributed by atoms with Gasteiger partial charge in [-0.15, -0.1) is 0 Å². The lowest BCUT2D eigenvalue weighted by molar-refractivity contribution is 0.0927. The molecule has 6 heteroatoms. The van der Waals surface area contributed by atoms with Crippen LogP contribution in [-0.2, 0) is 0 Å². The van der Waals surface area contributed by atoms with E-state index >= 15 is 0 Å². The van der Waals surface area contributed by atoms with Crippen molar-refractivity contribution >= 4 is 17.5 Å². The zero-order chi connectivity index (χ0) is 17.6. The minimum Gasteiger partial charge on any atom is -0.349 e. The van der Waals surface area contributed by atoms with Crippen molar-refractivity contribution in [3.63, 3.8) is 0 Å². The number of aromatic nitrogens is 1. The number of benzene rings is 1. The number of pyridine rings is 1. The number of amides is 2. The van der Waals surface area contributed by atoms with E-state index in [1.165, 1.54) is 6.20 Å². The molecule has 0 radical (unpaired) electrons. The highest BCUT2D eigenvalue weighted by atomic mass is 16.2. The van der Waals surface area contributed by atoms with Crippen LogP contribution >= 0.6 is 0 Å². The van der Waals surface area contributed by atoms with Crippen molar-refractivity contribution in [3.05, 3.63) is 59.9 Å². The summed E-state index contributed by atoms with van der Waals surface area (Å²) in [5.41, 5.74) is 7.33. The van der Waals surface area contributed by atoms with E-state index < -0.39 is 0 Å². The molecule has 2 aromatic rings. The average Bonchev–Trinajstić information content (AvgIpc) is 3.09. The molecule has 1 aliphatic carbocycles. The fourth-order valence-corrected chi connectivity index (χ4v) is 3.20. The van der Waals surface area contributed by atoms with Crippen molar-refractivity contribution in [2.24, 2.45) is 11.7 Å². The SMILES string of the molecule is NCC1CCCC1NC(=O)c1cccc(NC(=O)c2cccnc2)c1. The van der Waals surface area contributed by atoms with Crippen molar-refractivity contribution in [1.29, 1.82) is 0 Å². The van der Waals surface area contributed by atoms with Gasteiger partial charge in [0.25, 0.3) is 11.8 Å². The Bertz CT molecular complexity index is 748. The molecule has 1 aromatic carbocycles. The first-order valence-corrected chi connectivity index (χ1v) is 8.50. The van der Waals surface area contributed by atoms with Crippen LogP contribution in [0.5, 0.6) is 0 Å². The van der Waals surface area contributed by atoms with Crippen LogP contribution in [0.25, 0.3) is 0 Å². The number of rotatable bonds is 5. The number of anilines is 1. The fourth-order valence-electron chi connectivity index (χ4n) is 3.20. The Hall–Kier alpha value is -2.73. The van der Waals surface area contributed by atoms with Gasteiger partial charge < -0.3 is 16.4 Å². The standard InChI is InChI=1S/C19H22N4O2/c20-11-14-5-2-8-17(14)23-18(24)13-4-1-7-16(10-13)22-19(25)15-6-3-9-21-12-15/h1,3-4,6-7,9-10,12,14,17H,2,5,8,11,20H2,(H,22,25)(H,23,24). The third kappa shape index (κ3) is 4.22. The minimum absolute atomic E-state index is 0.131. The second kappa shape index (κ2) is 7.90. The Labute approximate surface area is 146 Å². The molecule has 6 nitrogen and oxygen atoms in total. The number of nitrogens with zero attached hydrogens (tertiary/aromatic N) is 1. The van der Waals surface area contributed by atoms with Gasteiger partial charge in [-0.25, -0.2) is 0 Å². The molecule has 0 bridgehead atoms. The number of nitrogens with two attached hydrogens (primary N) is 1. The van der Waals surface area contributed by atoms with Crippen molar-refractivity contribution in [2.75, 3.05) is 11.9 Å². The summed E-state index contributed by atoms with van der Waals surface area (Å²) in [7, 11) is 0. The first kappa shape index (κ1) is 17.1. The smallest absolute Gasteiger partial charge is 0.257 e. The molecule has 2 amide bonds. The molecule has 1 saturated carbocycles. The van der Waals surface area contributed by atoms with Gasteiger partial charge in [-0.05, 0) is 55.6 Å². The van der Waals surface area contributed by atoms with Crippen LogP contribution in [-0.4, -0.2) is 29.4 Å². The van der Waals surface area contributed by atoms with Crippen LogP contribution in [0.4, 0.5) is 5.69 Å². The number of hydrogen-bond acceptors (Lipinski definition) is 4. The monoisotopic (exact) mass is 338 g/mol. The van der Waals surface area contributed by atoms with Crippen molar-refractivity contribution < 1.29 is 9.59 Å². The van der Waals surface area contributed by atoms with E-state index in [1.54, 1.807) is 42.6 Å². The van der Waals surface area contributed by atoms with Gasteiger partial charge in [-0.2, -0.15) is 0 Å². The highest BCUT2D eigenvalue weighted by molar-refractivity contribution is 6.04. The molecule has 25 heavy (non-hydrogen) atoms. The second-order valence-corrected chi connectivity index (χ2v) is 6.28. The van der Waals surface area contributed by atoms with Crippen LogP contribution in [0.1, 0.15) is 40.0 Å². The number of hydrogen-bond donors (Lipinski definition) is 3. The molecule has 1 fully saturated rings. The lowest BCUT2D eigenvalue weighted by Crippen LogP contribution is -2.39. The molecule has 1 aliphatic rings. The Morgan fingerprint density at radius 2 is 1.96 bits per heavy atom. The minimum atomic E-state index is -0.260. The zero-order valence-corrected chi connectivity index (χ0v) is 13.9. The summed E-state index contributed by atoms with van der Waals surface area (Å²) in [6, 6.07) is 10.4. The summed E-state index contributed by atoms with van der Waals surface area (Å²) in [6.45, 7) is 0.589. The highest BCUT2D eigenvalue weighted by Crippen LogP contribution is 2.25. The van der Waals surface area contributed by atoms with Crippen LogP contribution in [0, 0.1) is 5.92 Å². The van der Waals surface area contributed by atoms with Gasteiger partial charge in [0.15, 0.2) is 0 Å². The molecule has 1 aromatic heterocycles. The van der Waals surface area contributed by atoms with E-state index in [1.807, 2.05) is 0 Å². The maximum atomic E-state index is 12.5. The lowest BCUT2D eigenvalue weighted by Gasteiger charge is -2.19.